The molecular weight excluding hydrogens is 262 g/mol. The molecule has 1 heterocycles. The van der Waals surface area contributed by atoms with Crippen molar-refractivity contribution in [3.8, 4) is 0 Å². The molecule has 2 aromatic rings. The van der Waals surface area contributed by atoms with E-state index in [0.29, 0.717) is 11.3 Å². The second-order valence-corrected chi connectivity index (χ2v) is 4.51. The summed E-state index contributed by atoms with van der Waals surface area (Å²) in [6, 6.07) is 10.7. The van der Waals surface area contributed by atoms with Crippen LogP contribution in [0.4, 0.5) is 0 Å². The summed E-state index contributed by atoms with van der Waals surface area (Å²) in [5.74, 6) is 0.204. The molecule has 2 rings (SSSR count). The van der Waals surface area contributed by atoms with Crippen LogP contribution in [0, 0.1) is 0 Å². The van der Waals surface area contributed by atoms with Crippen molar-refractivity contribution in [2.75, 3.05) is 13.4 Å². The highest BCUT2D eigenvalue weighted by Gasteiger charge is 2.15. The summed E-state index contributed by atoms with van der Waals surface area (Å²) in [6.07, 6.45) is 3.16. The van der Waals surface area contributed by atoms with Crippen LogP contribution in [0.25, 0.3) is 0 Å². The highest BCUT2D eigenvalue weighted by atomic mass is 32.2. The zero-order valence-electron chi connectivity index (χ0n) is 10.8. The van der Waals surface area contributed by atoms with E-state index in [0.717, 1.165) is 5.56 Å². The lowest BCUT2D eigenvalue weighted by Crippen LogP contribution is -2.16. The molecule has 5 heteroatoms. The van der Waals surface area contributed by atoms with Crippen LogP contribution in [0.5, 0.6) is 0 Å². The first kappa shape index (κ1) is 13.9. The molecule has 0 aliphatic heterocycles. The molecule has 0 aliphatic carbocycles. The third-order valence-corrected chi connectivity index (χ3v) is 3.11. The monoisotopic (exact) mass is 277 g/mol. The molecule has 1 aromatic carbocycles. The average Bonchev–Trinajstić information content (AvgIpc) is 2.98. The molecule has 1 aromatic heterocycles. The molecular formula is C14H15NO3S. The number of hydrogen-bond donors (Lipinski definition) is 1. The maximum atomic E-state index is 12.2. The molecule has 0 radical (unpaired) electrons. The number of ketones is 1. The normalized spacial score (nSPS) is 12.3. The summed E-state index contributed by atoms with van der Waals surface area (Å²) < 4.78 is 13.6. The molecule has 100 valence electrons. The number of carbonyl (C=O) groups excluding carboxylic acids is 1. The topological polar surface area (TPSA) is 51.5 Å². The van der Waals surface area contributed by atoms with Crippen LogP contribution < -0.4 is 4.72 Å². The Morgan fingerprint density at radius 1 is 1.37 bits per heavy atom. The molecule has 1 N–H and O–H groups in total. The van der Waals surface area contributed by atoms with Crippen LogP contribution in [-0.4, -0.2) is 19.1 Å². The highest BCUT2D eigenvalue weighted by Crippen LogP contribution is 2.19. The zero-order valence-corrected chi connectivity index (χ0v) is 11.6. The second-order valence-electron chi connectivity index (χ2n) is 3.87. The molecule has 1 unspecified atom stereocenters. The van der Waals surface area contributed by atoms with E-state index in [1.165, 1.54) is 18.2 Å². The van der Waals surface area contributed by atoms with Gasteiger partial charge in [-0.15, -0.1) is 0 Å². The number of methoxy groups -OCH3 is 1. The van der Waals surface area contributed by atoms with Crippen molar-refractivity contribution < 1.29 is 13.9 Å². The van der Waals surface area contributed by atoms with Crippen molar-refractivity contribution in [1.82, 2.24) is 4.72 Å². The maximum Gasteiger partial charge on any atom is 0.228 e. The minimum atomic E-state index is -0.251. The number of nitrogens with one attached hydrogen (secondary N) is 1. The van der Waals surface area contributed by atoms with Crippen molar-refractivity contribution in [1.29, 1.82) is 0 Å². The molecule has 4 nitrogen and oxygen atoms in total. The fourth-order valence-corrected chi connectivity index (χ4v) is 2.20. The largest absolute Gasteiger partial charge is 0.461 e. The van der Waals surface area contributed by atoms with Gasteiger partial charge in [-0.3, -0.25) is 4.79 Å². The maximum absolute atomic E-state index is 12.2. The second kappa shape index (κ2) is 6.56. The fraction of sp³-hybridized carbons (Fsp3) is 0.214. The van der Waals surface area contributed by atoms with Gasteiger partial charge >= 0.3 is 0 Å². The van der Waals surface area contributed by atoms with Gasteiger partial charge in [0.1, 0.15) is 6.23 Å². The minimum absolute atomic E-state index is 0.133. The average molecular weight is 277 g/mol. The molecule has 19 heavy (non-hydrogen) atoms. The minimum Gasteiger partial charge on any atom is -0.461 e. The van der Waals surface area contributed by atoms with Gasteiger partial charge in [-0.25, -0.2) is 4.72 Å². The van der Waals surface area contributed by atoms with Gasteiger partial charge in [0.05, 0.1) is 6.26 Å². The van der Waals surface area contributed by atoms with Crippen molar-refractivity contribution in [2.45, 2.75) is 6.23 Å². The fourth-order valence-electron chi connectivity index (χ4n) is 1.75. The highest BCUT2D eigenvalue weighted by molar-refractivity contribution is 7.96. The Labute approximate surface area is 116 Å². The van der Waals surface area contributed by atoms with Crippen LogP contribution >= 0.6 is 11.9 Å². The van der Waals surface area contributed by atoms with Gasteiger partial charge in [0.2, 0.25) is 5.78 Å². The summed E-state index contributed by atoms with van der Waals surface area (Å²) in [7, 11) is 1.62. The van der Waals surface area contributed by atoms with E-state index < -0.39 is 0 Å². The van der Waals surface area contributed by atoms with Gasteiger partial charge in [0, 0.05) is 12.7 Å². The van der Waals surface area contributed by atoms with Gasteiger partial charge in [-0.05, 0) is 30.0 Å². The molecule has 0 aliphatic rings. The van der Waals surface area contributed by atoms with E-state index in [2.05, 4.69) is 4.72 Å². The van der Waals surface area contributed by atoms with Crippen LogP contribution in [0.1, 0.15) is 27.9 Å². The Balaban J connectivity index is 2.26. The summed E-state index contributed by atoms with van der Waals surface area (Å²) >= 11 is 1.46. The van der Waals surface area contributed by atoms with Gasteiger partial charge in [-0.2, -0.15) is 0 Å². The molecule has 0 saturated heterocycles. The third-order valence-electron chi connectivity index (χ3n) is 2.66. The lowest BCUT2D eigenvalue weighted by molar-refractivity contribution is 0.0963. The summed E-state index contributed by atoms with van der Waals surface area (Å²) in [5.41, 5.74) is 1.48. The number of hydrogen-bond acceptors (Lipinski definition) is 5. The van der Waals surface area contributed by atoms with E-state index in [9.17, 15) is 4.79 Å². The number of furan rings is 1. The number of ether oxygens (including phenoxy) is 1. The predicted molar refractivity (Wildman–Crippen MR) is 75.0 cm³/mol. The molecule has 0 amide bonds. The summed E-state index contributed by atoms with van der Waals surface area (Å²) in [4.78, 5) is 12.2. The van der Waals surface area contributed by atoms with Crippen molar-refractivity contribution in [3.05, 3.63) is 59.5 Å². The van der Waals surface area contributed by atoms with Crippen LogP contribution in [0.2, 0.25) is 0 Å². The van der Waals surface area contributed by atoms with Gasteiger partial charge in [0.15, 0.2) is 5.76 Å². The first-order valence-corrected chi connectivity index (χ1v) is 6.98. The molecule has 1 atom stereocenters. The first-order valence-electron chi connectivity index (χ1n) is 5.75. The smallest absolute Gasteiger partial charge is 0.228 e. The van der Waals surface area contributed by atoms with Crippen molar-refractivity contribution >= 4 is 17.7 Å². The van der Waals surface area contributed by atoms with Gasteiger partial charge < -0.3 is 9.15 Å². The van der Waals surface area contributed by atoms with E-state index in [-0.39, 0.29) is 12.0 Å². The number of benzene rings is 1. The van der Waals surface area contributed by atoms with Crippen LogP contribution in [0.3, 0.4) is 0 Å². The van der Waals surface area contributed by atoms with Gasteiger partial charge in [-0.1, -0.05) is 30.1 Å². The first-order chi connectivity index (χ1) is 9.26. The van der Waals surface area contributed by atoms with E-state index in [1.807, 2.05) is 24.5 Å². The number of rotatable bonds is 6. The predicted octanol–water partition coefficient (Wildman–Crippen LogP) is 3.02. The Morgan fingerprint density at radius 2 is 2.21 bits per heavy atom. The van der Waals surface area contributed by atoms with Crippen LogP contribution in [-0.2, 0) is 4.74 Å². The van der Waals surface area contributed by atoms with Crippen molar-refractivity contribution in [3.63, 3.8) is 0 Å². The van der Waals surface area contributed by atoms with Crippen molar-refractivity contribution in [2.24, 2.45) is 0 Å². The Hall–Kier alpha value is -1.56. The third kappa shape index (κ3) is 3.26. The lowest BCUT2D eigenvalue weighted by Gasteiger charge is -2.16. The quantitative estimate of drug-likeness (QED) is 0.499. The SMILES string of the molecule is COC(NSC)c1cccc(C(=O)c2ccco2)c1. The Kier molecular flexibility index (Phi) is 4.79. The standard InChI is InChI=1S/C14H15NO3S/c1-17-14(15-19-2)11-6-3-5-10(9-11)13(16)12-7-4-8-18-12/h3-9,14-15H,1-2H3. The van der Waals surface area contributed by atoms with E-state index >= 15 is 0 Å². The molecule has 0 spiro atoms. The molecule has 0 saturated carbocycles. The lowest BCUT2D eigenvalue weighted by atomic mass is 10.1. The summed E-state index contributed by atoms with van der Waals surface area (Å²) in [6.45, 7) is 0. The van der Waals surface area contributed by atoms with Gasteiger partial charge in [0.25, 0.3) is 0 Å². The number of carbonyl (C=O) groups is 1. The van der Waals surface area contributed by atoms with Crippen LogP contribution in [0.15, 0.2) is 47.1 Å². The zero-order chi connectivity index (χ0) is 13.7. The molecule has 0 bridgehead atoms. The Morgan fingerprint density at radius 3 is 2.84 bits per heavy atom. The Bertz CT molecular complexity index is 539. The molecule has 0 fully saturated rings. The summed E-state index contributed by atoms with van der Waals surface area (Å²) in [5, 5.41) is 0. The van der Waals surface area contributed by atoms with E-state index in [1.54, 1.807) is 25.3 Å². The van der Waals surface area contributed by atoms with E-state index in [4.69, 9.17) is 9.15 Å².